The first-order chi connectivity index (χ1) is 13.7. The lowest BCUT2D eigenvalue weighted by Crippen LogP contribution is -2.60. The molecule has 0 spiro atoms. The van der Waals surface area contributed by atoms with Gasteiger partial charge in [-0.1, -0.05) is 25.5 Å². The molecule has 5 aliphatic rings. The molecular weight excluding hydrogens is 368 g/mol. The molecule has 0 amide bonds. The number of aliphatic hydroxyl groups is 1. The van der Waals surface area contributed by atoms with Crippen molar-refractivity contribution in [3.05, 3.63) is 24.0 Å². The van der Waals surface area contributed by atoms with Crippen molar-refractivity contribution in [1.29, 1.82) is 0 Å². The molecule has 0 unspecified atom stereocenters. The Kier molecular flexibility index (Phi) is 4.13. The fraction of sp³-hybridized carbons (Fsp3) is 0.750. The van der Waals surface area contributed by atoms with Gasteiger partial charge in [0.2, 0.25) is 0 Å². The highest BCUT2D eigenvalue weighted by Crippen LogP contribution is 2.68. The summed E-state index contributed by atoms with van der Waals surface area (Å²) < 4.78 is 11.3. The highest BCUT2D eigenvalue weighted by molar-refractivity contribution is 5.99. The highest BCUT2D eigenvalue weighted by Gasteiger charge is 2.71. The van der Waals surface area contributed by atoms with Gasteiger partial charge >= 0.3 is 5.97 Å². The standard InChI is InChI=1S/C24H32O5/c1-14(25)29-16-6-9-22(2)15(12-16)4-5-17-18(22)7-10-23(3)19(17)13-21-24(23,27)20(26)8-11-28-21/h4,8,11,16-19,21,27H,5-7,9-10,12-13H2,1-3H3/t16-,17+,18+,19+,21+,22-,23+,24+/m0/s1. The molecule has 5 heteroatoms. The maximum atomic E-state index is 12.8. The number of hydrogen-bond acceptors (Lipinski definition) is 5. The van der Waals surface area contributed by atoms with E-state index in [0.717, 1.165) is 44.9 Å². The number of carbonyl (C=O) groups excluding carboxylic acids is 2. The zero-order valence-electron chi connectivity index (χ0n) is 17.6. The molecule has 3 saturated carbocycles. The van der Waals surface area contributed by atoms with Crippen LogP contribution >= 0.6 is 0 Å². The van der Waals surface area contributed by atoms with Crippen LogP contribution in [0.2, 0.25) is 0 Å². The van der Waals surface area contributed by atoms with Crippen molar-refractivity contribution in [3.63, 3.8) is 0 Å². The number of hydrogen-bond donors (Lipinski definition) is 1. The van der Waals surface area contributed by atoms with E-state index < -0.39 is 17.1 Å². The molecule has 0 aromatic carbocycles. The fourth-order valence-electron chi connectivity index (χ4n) is 7.88. The molecule has 5 rings (SSSR count). The van der Waals surface area contributed by atoms with Crippen LogP contribution in [0.25, 0.3) is 0 Å². The van der Waals surface area contributed by atoms with Crippen LogP contribution in [0.15, 0.2) is 24.0 Å². The Bertz CT molecular complexity index is 814. The first-order valence-electron chi connectivity index (χ1n) is 11.2. The molecule has 5 nitrogen and oxygen atoms in total. The van der Waals surface area contributed by atoms with Gasteiger partial charge in [0, 0.05) is 24.8 Å². The van der Waals surface area contributed by atoms with E-state index >= 15 is 0 Å². The summed E-state index contributed by atoms with van der Waals surface area (Å²) in [7, 11) is 0. The van der Waals surface area contributed by atoms with Crippen molar-refractivity contribution >= 4 is 11.8 Å². The van der Waals surface area contributed by atoms with Crippen LogP contribution in [-0.2, 0) is 19.1 Å². The molecule has 0 radical (unpaired) electrons. The average Bonchev–Trinajstić information content (AvgIpc) is 2.91. The fourth-order valence-corrected chi connectivity index (χ4v) is 7.88. The van der Waals surface area contributed by atoms with Gasteiger partial charge in [0.05, 0.1) is 6.26 Å². The summed E-state index contributed by atoms with van der Waals surface area (Å²) in [6.07, 6.45) is 11.2. The Hall–Kier alpha value is -1.62. The SMILES string of the molecule is CC(=O)O[C@H]1CC[C@@]2(C)C(=CC[C@@H]3[C@H]2CC[C@]2(C)[C@@H]3C[C@H]3OC=CC(=O)[C@@]32O)C1. The summed E-state index contributed by atoms with van der Waals surface area (Å²) in [4.78, 5) is 24.2. The van der Waals surface area contributed by atoms with Crippen LogP contribution in [0, 0.1) is 28.6 Å². The largest absolute Gasteiger partial charge is 0.494 e. The summed E-state index contributed by atoms with van der Waals surface area (Å²) in [5, 5.41) is 11.5. The van der Waals surface area contributed by atoms with Crippen molar-refractivity contribution in [2.45, 2.75) is 83.5 Å². The lowest BCUT2D eigenvalue weighted by atomic mass is 9.46. The molecule has 158 valence electrons. The summed E-state index contributed by atoms with van der Waals surface area (Å²) in [5.74, 6) is 0.907. The van der Waals surface area contributed by atoms with Gasteiger partial charge in [-0.05, 0) is 61.7 Å². The Morgan fingerprint density at radius 2 is 2.03 bits per heavy atom. The molecule has 8 atom stereocenters. The average molecular weight is 401 g/mol. The van der Waals surface area contributed by atoms with Crippen molar-refractivity contribution in [2.75, 3.05) is 0 Å². The number of ether oxygens (including phenoxy) is 2. The van der Waals surface area contributed by atoms with Crippen LogP contribution in [0.5, 0.6) is 0 Å². The van der Waals surface area contributed by atoms with Crippen molar-refractivity contribution in [3.8, 4) is 0 Å². The Morgan fingerprint density at radius 1 is 1.24 bits per heavy atom. The predicted octanol–water partition coefficient (Wildman–Crippen LogP) is 3.70. The van der Waals surface area contributed by atoms with Gasteiger partial charge < -0.3 is 14.6 Å². The lowest BCUT2D eigenvalue weighted by Gasteiger charge is -2.58. The van der Waals surface area contributed by atoms with Gasteiger partial charge in [0.25, 0.3) is 0 Å². The molecule has 4 aliphatic carbocycles. The second-order valence-electron chi connectivity index (χ2n) is 10.5. The molecule has 1 N–H and O–H groups in total. The normalized spacial score (nSPS) is 50.4. The Balaban J connectivity index is 1.46. The van der Waals surface area contributed by atoms with Crippen LogP contribution in [0.4, 0.5) is 0 Å². The monoisotopic (exact) mass is 400 g/mol. The molecule has 3 fully saturated rings. The van der Waals surface area contributed by atoms with E-state index in [0.29, 0.717) is 11.8 Å². The zero-order valence-corrected chi connectivity index (χ0v) is 17.6. The summed E-state index contributed by atoms with van der Waals surface area (Å²) in [5.41, 5.74) is -0.254. The van der Waals surface area contributed by atoms with Gasteiger partial charge in [-0.3, -0.25) is 9.59 Å². The van der Waals surface area contributed by atoms with Crippen LogP contribution in [-0.4, -0.2) is 34.7 Å². The van der Waals surface area contributed by atoms with E-state index in [1.807, 2.05) is 0 Å². The van der Waals surface area contributed by atoms with Crippen molar-refractivity contribution in [1.82, 2.24) is 0 Å². The van der Waals surface area contributed by atoms with E-state index in [1.165, 1.54) is 24.8 Å². The van der Waals surface area contributed by atoms with E-state index in [4.69, 9.17) is 9.47 Å². The second-order valence-corrected chi connectivity index (χ2v) is 10.5. The number of esters is 1. The van der Waals surface area contributed by atoms with Crippen molar-refractivity contribution < 1.29 is 24.2 Å². The van der Waals surface area contributed by atoms with E-state index in [2.05, 4.69) is 19.9 Å². The third-order valence-electron chi connectivity index (χ3n) is 9.42. The summed E-state index contributed by atoms with van der Waals surface area (Å²) in [6.45, 7) is 6.00. The van der Waals surface area contributed by atoms with E-state index in [-0.39, 0.29) is 29.2 Å². The topological polar surface area (TPSA) is 72.8 Å². The Morgan fingerprint density at radius 3 is 2.79 bits per heavy atom. The lowest BCUT2D eigenvalue weighted by molar-refractivity contribution is -0.175. The number of fused-ring (bicyclic) bond motifs is 7. The molecule has 1 heterocycles. The number of rotatable bonds is 1. The number of carbonyl (C=O) groups is 2. The first kappa shape index (κ1) is 19.3. The minimum atomic E-state index is -1.39. The number of ketones is 1. The molecular formula is C24H32O5. The van der Waals surface area contributed by atoms with Gasteiger partial charge in [-0.15, -0.1) is 0 Å². The molecule has 0 aromatic rings. The molecule has 1 aliphatic heterocycles. The van der Waals surface area contributed by atoms with Crippen molar-refractivity contribution in [2.24, 2.45) is 28.6 Å². The Labute approximate surface area is 172 Å². The van der Waals surface area contributed by atoms with E-state index in [1.54, 1.807) is 0 Å². The van der Waals surface area contributed by atoms with Crippen LogP contribution in [0.1, 0.15) is 65.7 Å². The molecule has 29 heavy (non-hydrogen) atoms. The first-order valence-corrected chi connectivity index (χ1v) is 11.2. The predicted molar refractivity (Wildman–Crippen MR) is 107 cm³/mol. The minimum Gasteiger partial charge on any atom is -0.494 e. The minimum absolute atomic E-state index is 0.00406. The molecule has 0 saturated heterocycles. The summed E-state index contributed by atoms with van der Waals surface area (Å²) >= 11 is 0. The van der Waals surface area contributed by atoms with Crippen LogP contribution in [0.3, 0.4) is 0 Å². The maximum absolute atomic E-state index is 12.8. The van der Waals surface area contributed by atoms with Gasteiger partial charge in [0.15, 0.2) is 11.4 Å². The highest BCUT2D eigenvalue weighted by atomic mass is 16.5. The van der Waals surface area contributed by atoms with Crippen LogP contribution < -0.4 is 0 Å². The van der Waals surface area contributed by atoms with Gasteiger partial charge in [0.1, 0.15) is 12.2 Å². The summed E-state index contributed by atoms with van der Waals surface area (Å²) in [6, 6.07) is 0. The van der Waals surface area contributed by atoms with E-state index in [9.17, 15) is 14.7 Å². The van der Waals surface area contributed by atoms with Gasteiger partial charge in [-0.25, -0.2) is 0 Å². The molecule has 0 bridgehead atoms. The van der Waals surface area contributed by atoms with Gasteiger partial charge in [-0.2, -0.15) is 0 Å². The zero-order chi connectivity index (χ0) is 20.6. The third kappa shape index (κ3) is 2.43. The molecule has 0 aromatic heterocycles. The number of allylic oxidation sites excluding steroid dienone is 1. The second kappa shape index (κ2) is 6.19. The quantitative estimate of drug-likeness (QED) is 0.537. The third-order valence-corrected chi connectivity index (χ3v) is 9.42. The smallest absolute Gasteiger partial charge is 0.302 e. The maximum Gasteiger partial charge on any atom is 0.302 e.